The van der Waals surface area contributed by atoms with Gasteiger partial charge in [-0.1, -0.05) is 0 Å². The van der Waals surface area contributed by atoms with Crippen LogP contribution < -0.4 is 5.32 Å². The topological polar surface area (TPSA) is 45.4 Å². The summed E-state index contributed by atoms with van der Waals surface area (Å²) in [6.07, 6.45) is 3.92. The van der Waals surface area contributed by atoms with Gasteiger partial charge in [0.25, 0.3) is 0 Å². The third-order valence-corrected chi connectivity index (χ3v) is 2.62. The van der Waals surface area contributed by atoms with Gasteiger partial charge in [-0.25, -0.2) is 0 Å². The van der Waals surface area contributed by atoms with E-state index in [4.69, 9.17) is 4.42 Å². The molecule has 13 heavy (non-hydrogen) atoms. The molecular weight excluding hydrogens is 166 g/mol. The molecule has 0 aliphatic carbocycles. The molecule has 2 heterocycles. The van der Waals surface area contributed by atoms with Crippen LogP contribution in [0, 0.1) is 0 Å². The van der Waals surface area contributed by atoms with Crippen molar-refractivity contribution < 1.29 is 9.52 Å². The first-order valence-electron chi connectivity index (χ1n) is 4.74. The van der Waals surface area contributed by atoms with Gasteiger partial charge >= 0.3 is 0 Å². The number of rotatable bonds is 2. The number of hydrogen-bond donors (Lipinski definition) is 2. The van der Waals surface area contributed by atoms with Crippen molar-refractivity contribution in [2.24, 2.45) is 0 Å². The fraction of sp³-hybridized carbons (Fsp3) is 0.600. The maximum absolute atomic E-state index is 10.1. The monoisotopic (exact) mass is 181 g/mol. The molecule has 3 nitrogen and oxygen atoms in total. The van der Waals surface area contributed by atoms with E-state index in [-0.39, 0.29) is 0 Å². The molecule has 2 N–H and O–H groups in total. The molecule has 0 spiro atoms. The van der Waals surface area contributed by atoms with Crippen LogP contribution in [0.3, 0.4) is 0 Å². The maximum atomic E-state index is 10.1. The molecular formula is C10H15NO2. The normalized spacial score (nSPS) is 21.6. The van der Waals surface area contributed by atoms with Crippen LogP contribution in [-0.2, 0) is 6.42 Å². The van der Waals surface area contributed by atoms with Gasteiger partial charge in [-0.3, -0.25) is 0 Å². The zero-order valence-electron chi connectivity index (χ0n) is 7.62. The van der Waals surface area contributed by atoms with Crippen molar-refractivity contribution in [3.8, 4) is 0 Å². The Hall–Kier alpha value is -0.800. The van der Waals surface area contributed by atoms with Gasteiger partial charge in [0, 0.05) is 6.42 Å². The first-order valence-corrected chi connectivity index (χ1v) is 4.74. The lowest BCUT2D eigenvalue weighted by Gasteiger charge is -2.31. The highest BCUT2D eigenvalue weighted by Gasteiger charge is 2.29. The molecule has 2 rings (SSSR count). The van der Waals surface area contributed by atoms with E-state index in [9.17, 15) is 5.11 Å². The summed E-state index contributed by atoms with van der Waals surface area (Å²) in [4.78, 5) is 0. The number of nitrogens with one attached hydrogen (secondary N) is 1. The predicted octanol–water partition coefficient (Wildman–Crippen LogP) is 0.937. The zero-order valence-corrected chi connectivity index (χ0v) is 7.62. The van der Waals surface area contributed by atoms with E-state index in [2.05, 4.69) is 5.32 Å². The van der Waals surface area contributed by atoms with Crippen molar-refractivity contribution in [1.29, 1.82) is 0 Å². The lowest BCUT2D eigenvalue weighted by atomic mass is 9.88. The quantitative estimate of drug-likeness (QED) is 0.713. The fourth-order valence-electron chi connectivity index (χ4n) is 1.81. The van der Waals surface area contributed by atoms with Gasteiger partial charge in [-0.15, -0.1) is 0 Å². The van der Waals surface area contributed by atoms with E-state index in [0.29, 0.717) is 6.42 Å². The Morgan fingerprint density at radius 1 is 1.46 bits per heavy atom. The molecule has 1 aliphatic heterocycles. The third-order valence-electron chi connectivity index (χ3n) is 2.62. The summed E-state index contributed by atoms with van der Waals surface area (Å²) in [6.45, 7) is 1.80. The predicted molar refractivity (Wildman–Crippen MR) is 49.5 cm³/mol. The molecule has 72 valence electrons. The Bertz CT molecular complexity index is 250. The Labute approximate surface area is 77.8 Å². The van der Waals surface area contributed by atoms with Crippen LogP contribution in [0.15, 0.2) is 22.8 Å². The molecule has 1 saturated heterocycles. The standard InChI is InChI=1S/C10H15NO2/c12-10(3-5-11-6-4-10)8-9-2-1-7-13-9/h1-2,7,11-12H,3-6,8H2. The molecule has 0 saturated carbocycles. The second-order valence-corrected chi connectivity index (χ2v) is 3.73. The van der Waals surface area contributed by atoms with Crippen LogP contribution in [0.1, 0.15) is 18.6 Å². The first-order chi connectivity index (χ1) is 6.29. The summed E-state index contributed by atoms with van der Waals surface area (Å²) < 4.78 is 5.22. The van der Waals surface area contributed by atoms with E-state index in [1.807, 2.05) is 12.1 Å². The molecule has 0 unspecified atom stereocenters. The first kappa shape index (κ1) is 8.78. The van der Waals surface area contributed by atoms with Crippen molar-refractivity contribution in [1.82, 2.24) is 5.32 Å². The molecule has 1 aromatic heterocycles. The van der Waals surface area contributed by atoms with E-state index in [0.717, 1.165) is 31.7 Å². The van der Waals surface area contributed by atoms with Gasteiger partial charge in [0.2, 0.25) is 0 Å². The number of hydrogen-bond acceptors (Lipinski definition) is 3. The van der Waals surface area contributed by atoms with Crippen LogP contribution in [-0.4, -0.2) is 23.8 Å². The smallest absolute Gasteiger partial charge is 0.106 e. The number of piperidine rings is 1. The Morgan fingerprint density at radius 2 is 2.23 bits per heavy atom. The van der Waals surface area contributed by atoms with Gasteiger partial charge in [0.05, 0.1) is 11.9 Å². The molecule has 1 aromatic rings. The molecule has 0 aromatic carbocycles. The maximum Gasteiger partial charge on any atom is 0.106 e. The highest BCUT2D eigenvalue weighted by molar-refractivity contribution is 5.03. The Kier molecular flexibility index (Phi) is 2.38. The van der Waals surface area contributed by atoms with E-state index >= 15 is 0 Å². The van der Waals surface area contributed by atoms with Crippen molar-refractivity contribution in [2.75, 3.05) is 13.1 Å². The Morgan fingerprint density at radius 3 is 2.85 bits per heavy atom. The lowest BCUT2D eigenvalue weighted by molar-refractivity contribution is 0.00661. The molecule has 0 atom stereocenters. The van der Waals surface area contributed by atoms with Crippen LogP contribution >= 0.6 is 0 Å². The molecule has 0 bridgehead atoms. The van der Waals surface area contributed by atoms with Gasteiger partial charge in [0.1, 0.15) is 5.76 Å². The minimum Gasteiger partial charge on any atom is -0.469 e. The highest BCUT2D eigenvalue weighted by Crippen LogP contribution is 2.23. The van der Waals surface area contributed by atoms with Crippen LogP contribution in [0.4, 0.5) is 0 Å². The van der Waals surface area contributed by atoms with Gasteiger partial charge < -0.3 is 14.8 Å². The fourth-order valence-corrected chi connectivity index (χ4v) is 1.81. The summed E-state index contributed by atoms with van der Waals surface area (Å²) in [5.74, 6) is 0.879. The minimum atomic E-state index is -0.552. The third kappa shape index (κ3) is 2.11. The molecule has 3 heteroatoms. The summed E-state index contributed by atoms with van der Waals surface area (Å²) in [5, 5.41) is 13.4. The van der Waals surface area contributed by atoms with Gasteiger partial charge in [-0.05, 0) is 38.1 Å². The molecule has 0 radical (unpaired) electrons. The largest absolute Gasteiger partial charge is 0.469 e. The SMILES string of the molecule is OC1(Cc2ccco2)CCNCC1. The second kappa shape index (κ2) is 3.52. The number of aliphatic hydroxyl groups is 1. The van der Waals surface area contributed by atoms with Crippen molar-refractivity contribution in [2.45, 2.75) is 24.9 Å². The number of furan rings is 1. The van der Waals surface area contributed by atoms with Crippen molar-refractivity contribution >= 4 is 0 Å². The summed E-state index contributed by atoms with van der Waals surface area (Å²) >= 11 is 0. The zero-order chi connectivity index (χ0) is 9.15. The van der Waals surface area contributed by atoms with Crippen LogP contribution in [0.25, 0.3) is 0 Å². The van der Waals surface area contributed by atoms with E-state index in [1.54, 1.807) is 6.26 Å². The summed E-state index contributed by atoms with van der Waals surface area (Å²) in [5.41, 5.74) is -0.552. The molecule has 0 amide bonds. The summed E-state index contributed by atoms with van der Waals surface area (Å²) in [6, 6.07) is 3.78. The van der Waals surface area contributed by atoms with Crippen LogP contribution in [0.2, 0.25) is 0 Å². The Balaban J connectivity index is 1.99. The van der Waals surface area contributed by atoms with Gasteiger partial charge in [0.15, 0.2) is 0 Å². The average molecular weight is 181 g/mol. The second-order valence-electron chi connectivity index (χ2n) is 3.73. The van der Waals surface area contributed by atoms with Crippen molar-refractivity contribution in [3.05, 3.63) is 24.2 Å². The minimum absolute atomic E-state index is 0.552. The lowest BCUT2D eigenvalue weighted by Crippen LogP contribution is -2.43. The summed E-state index contributed by atoms with van der Waals surface area (Å²) in [7, 11) is 0. The van der Waals surface area contributed by atoms with Crippen LogP contribution in [0.5, 0.6) is 0 Å². The van der Waals surface area contributed by atoms with Crippen molar-refractivity contribution in [3.63, 3.8) is 0 Å². The average Bonchev–Trinajstić information content (AvgIpc) is 2.57. The van der Waals surface area contributed by atoms with Gasteiger partial charge in [-0.2, -0.15) is 0 Å². The van der Waals surface area contributed by atoms with E-state index < -0.39 is 5.60 Å². The molecule has 1 aliphatic rings. The molecule has 1 fully saturated rings. The highest BCUT2D eigenvalue weighted by atomic mass is 16.3. The van der Waals surface area contributed by atoms with E-state index in [1.165, 1.54) is 0 Å².